The standard InChI is InChI=1S/C26H24N8O/c1-27-14-23-25(28-17-31(23)2)34-26(35)21-16-32(22-7-4-3-6-20(22)24(21)30-34)15-18-8-10-19(11-9-18)33-13-5-12-29-33/h3-13,16-17,27H,14-15H2,1-2H3. The minimum Gasteiger partial charge on any atom is -0.342 e. The normalized spacial score (nSPS) is 11.6. The van der Waals surface area contributed by atoms with Gasteiger partial charge in [0, 0.05) is 44.1 Å². The minimum atomic E-state index is -0.176. The van der Waals surface area contributed by atoms with Crippen molar-refractivity contribution in [2.24, 2.45) is 7.05 Å². The van der Waals surface area contributed by atoms with Crippen LogP contribution >= 0.6 is 0 Å². The van der Waals surface area contributed by atoms with E-state index in [9.17, 15) is 4.79 Å². The summed E-state index contributed by atoms with van der Waals surface area (Å²) >= 11 is 0. The van der Waals surface area contributed by atoms with Gasteiger partial charge in [0.2, 0.25) is 0 Å². The SMILES string of the molecule is CNCc1c(-n2nc3c4ccccc4n(Cc4ccc(-n5cccn5)cc4)cc-3c2=O)ncn1C. The summed E-state index contributed by atoms with van der Waals surface area (Å²) < 4.78 is 7.27. The van der Waals surface area contributed by atoms with Crippen molar-refractivity contribution in [2.45, 2.75) is 13.1 Å². The zero-order valence-electron chi connectivity index (χ0n) is 19.5. The maximum Gasteiger partial charge on any atom is 0.283 e. The van der Waals surface area contributed by atoms with Crippen molar-refractivity contribution in [1.29, 1.82) is 0 Å². The molecule has 35 heavy (non-hydrogen) atoms. The Bertz CT molecular complexity index is 1650. The topological polar surface area (TPSA) is 87.5 Å². The van der Waals surface area contributed by atoms with Gasteiger partial charge in [0.15, 0.2) is 5.82 Å². The Morgan fingerprint density at radius 2 is 1.86 bits per heavy atom. The summed E-state index contributed by atoms with van der Waals surface area (Å²) in [5.74, 6) is 0.549. The van der Waals surface area contributed by atoms with Gasteiger partial charge < -0.3 is 14.5 Å². The number of aryl methyl sites for hydroxylation is 1. The molecule has 0 atom stereocenters. The van der Waals surface area contributed by atoms with Gasteiger partial charge in [0.25, 0.3) is 5.56 Å². The molecule has 2 aliphatic heterocycles. The van der Waals surface area contributed by atoms with Gasteiger partial charge in [0.1, 0.15) is 5.69 Å². The van der Waals surface area contributed by atoms with E-state index in [4.69, 9.17) is 5.10 Å². The van der Waals surface area contributed by atoms with E-state index in [1.807, 2.05) is 72.1 Å². The molecular formula is C26H24N8O. The first kappa shape index (κ1) is 21.1. The summed E-state index contributed by atoms with van der Waals surface area (Å²) in [5, 5.41) is 13.1. The van der Waals surface area contributed by atoms with Crippen LogP contribution in [0.15, 0.2) is 84.3 Å². The molecule has 0 saturated carbocycles. The second kappa shape index (κ2) is 8.37. The lowest BCUT2D eigenvalue weighted by Gasteiger charge is -2.14. The number of aromatic nitrogens is 7. The summed E-state index contributed by atoms with van der Waals surface area (Å²) in [7, 11) is 3.78. The van der Waals surface area contributed by atoms with E-state index in [0.29, 0.717) is 30.2 Å². The summed E-state index contributed by atoms with van der Waals surface area (Å²) in [5.41, 5.74) is 5.10. The molecule has 2 aromatic carbocycles. The minimum absolute atomic E-state index is 0.176. The van der Waals surface area contributed by atoms with Gasteiger partial charge in [-0.3, -0.25) is 4.79 Å². The Kier molecular flexibility index (Phi) is 5.04. The van der Waals surface area contributed by atoms with Crippen LogP contribution in [0.5, 0.6) is 0 Å². The van der Waals surface area contributed by atoms with Crippen LogP contribution in [-0.4, -0.2) is 40.7 Å². The number of nitrogens with zero attached hydrogens (tertiary/aromatic N) is 7. The maximum absolute atomic E-state index is 13.5. The molecule has 0 bridgehead atoms. The Morgan fingerprint density at radius 3 is 2.63 bits per heavy atom. The molecule has 6 rings (SSSR count). The quantitative estimate of drug-likeness (QED) is 0.410. The Labute approximate surface area is 201 Å². The summed E-state index contributed by atoms with van der Waals surface area (Å²) in [6.45, 7) is 1.20. The average Bonchev–Trinajstić information content (AvgIpc) is 3.61. The molecule has 4 heterocycles. The van der Waals surface area contributed by atoms with Crippen molar-refractivity contribution in [2.75, 3.05) is 7.05 Å². The molecule has 4 aromatic rings. The highest BCUT2D eigenvalue weighted by atomic mass is 16.1. The van der Waals surface area contributed by atoms with Crippen molar-refractivity contribution in [1.82, 2.24) is 39.0 Å². The molecule has 0 aliphatic carbocycles. The molecule has 0 spiro atoms. The largest absolute Gasteiger partial charge is 0.342 e. The van der Waals surface area contributed by atoms with E-state index >= 15 is 0 Å². The molecule has 9 heteroatoms. The lowest BCUT2D eigenvalue weighted by atomic mass is 10.1. The van der Waals surface area contributed by atoms with Crippen molar-refractivity contribution in [3.05, 3.63) is 101 Å². The van der Waals surface area contributed by atoms with Crippen LogP contribution in [0.4, 0.5) is 0 Å². The predicted octanol–water partition coefficient (Wildman–Crippen LogP) is 2.98. The Morgan fingerprint density at radius 1 is 1.03 bits per heavy atom. The zero-order chi connectivity index (χ0) is 23.9. The van der Waals surface area contributed by atoms with Gasteiger partial charge >= 0.3 is 0 Å². The van der Waals surface area contributed by atoms with Crippen LogP contribution in [0.1, 0.15) is 11.3 Å². The molecule has 0 saturated heterocycles. The highest BCUT2D eigenvalue weighted by molar-refractivity contribution is 5.93. The molecule has 0 amide bonds. The number of fused-ring (bicyclic) bond motifs is 3. The van der Waals surface area contributed by atoms with Crippen molar-refractivity contribution in [3.63, 3.8) is 0 Å². The number of nitrogens with one attached hydrogen (secondary N) is 1. The second-order valence-electron chi connectivity index (χ2n) is 8.53. The molecule has 2 aliphatic rings. The number of hydrogen-bond acceptors (Lipinski definition) is 5. The molecule has 0 radical (unpaired) electrons. The fourth-order valence-corrected chi connectivity index (χ4v) is 4.52. The van der Waals surface area contributed by atoms with Gasteiger partial charge in [-0.15, -0.1) is 0 Å². The first-order valence-corrected chi connectivity index (χ1v) is 11.4. The van der Waals surface area contributed by atoms with Gasteiger partial charge in [-0.1, -0.05) is 30.3 Å². The predicted molar refractivity (Wildman–Crippen MR) is 134 cm³/mol. The van der Waals surface area contributed by atoms with E-state index in [1.165, 1.54) is 4.68 Å². The van der Waals surface area contributed by atoms with E-state index in [2.05, 4.69) is 38.2 Å². The van der Waals surface area contributed by atoms with Crippen LogP contribution in [0.2, 0.25) is 0 Å². The van der Waals surface area contributed by atoms with Crippen molar-refractivity contribution in [3.8, 4) is 22.8 Å². The molecular weight excluding hydrogens is 440 g/mol. The molecule has 174 valence electrons. The van der Waals surface area contributed by atoms with Crippen molar-refractivity contribution >= 4 is 10.9 Å². The number of para-hydroxylation sites is 1. The number of imidazole rings is 1. The van der Waals surface area contributed by atoms with Crippen LogP contribution < -0.4 is 10.9 Å². The number of pyridine rings is 1. The third-order valence-corrected chi connectivity index (χ3v) is 6.27. The number of hydrogen-bond donors (Lipinski definition) is 1. The third-order valence-electron chi connectivity index (χ3n) is 6.27. The molecule has 1 N–H and O–H groups in total. The first-order valence-electron chi connectivity index (χ1n) is 11.4. The molecule has 0 fully saturated rings. The van der Waals surface area contributed by atoms with Gasteiger partial charge in [-0.2, -0.15) is 14.9 Å². The fraction of sp³-hybridized carbons (Fsp3) is 0.154. The highest BCUT2D eigenvalue weighted by Crippen LogP contribution is 2.29. The first-order chi connectivity index (χ1) is 17.1. The van der Waals surface area contributed by atoms with Crippen LogP contribution in [0.3, 0.4) is 0 Å². The van der Waals surface area contributed by atoms with Gasteiger partial charge in [-0.25, -0.2) is 9.67 Å². The van der Waals surface area contributed by atoms with E-state index in [-0.39, 0.29) is 5.56 Å². The lowest BCUT2D eigenvalue weighted by molar-refractivity contribution is 0.715. The maximum atomic E-state index is 13.5. The van der Waals surface area contributed by atoms with Crippen LogP contribution in [-0.2, 0) is 20.1 Å². The Balaban J connectivity index is 1.47. The second-order valence-corrected chi connectivity index (χ2v) is 8.53. The highest BCUT2D eigenvalue weighted by Gasteiger charge is 2.23. The summed E-state index contributed by atoms with van der Waals surface area (Å²) in [4.78, 5) is 18.0. The van der Waals surface area contributed by atoms with E-state index in [1.54, 1.807) is 12.5 Å². The summed E-state index contributed by atoms with van der Waals surface area (Å²) in [6.07, 6.45) is 7.30. The monoisotopic (exact) mass is 464 g/mol. The molecule has 0 unspecified atom stereocenters. The fourth-order valence-electron chi connectivity index (χ4n) is 4.52. The number of rotatable bonds is 6. The molecule has 2 aromatic heterocycles. The van der Waals surface area contributed by atoms with E-state index < -0.39 is 0 Å². The van der Waals surface area contributed by atoms with Gasteiger partial charge in [0.05, 0.1) is 28.8 Å². The van der Waals surface area contributed by atoms with Crippen LogP contribution in [0.25, 0.3) is 33.7 Å². The average molecular weight is 465 g/mol. The Hall–Kier alpha value is -4.50. The van der Waals surface area contributed by atoms with Crippen molar-refractivity contribution < 1.29 is 0 Å². The van der Waals surface area contributed by atoms with Gasteiger partial charge in [-0.05, 0) is 36.9 Å². The van der Waals surface area contributed by atoms with E-state index in [0.717, 1.165) is 27.8 Å². The van der Waals surface area contributed by atoms with Crippen LogP contribution in [0, 0.1) is 0 Å². The number of benzene rings is 2. The summed E-state index contributed by atoms with van der Waals surface area (Å²) in [6, 6.07) is 18.2. The zero-order valence-corrected chi connectivity index (χ0v) is 19.5. The lowest BCUT2D eigenvalue weighted by Crippen LogP contribution is -2.19. The molecule has 9 nitrogen and oxygen atoms in total. The smallest absolute Gasteiger partial charge is 0.283 e. The third kappa shape index (κ3) is 3.53.